The quantitative estimate of drug-likeness (QED) is 0.174. The number of anilines is 3. The van der Waals surface area contributed by atoms with Crippen LogP contribution in [0.15, 0.2) is 164 Å². The van der Waals surface area contributed by atoms with Crippen molar-refractivity contribution in [1.82, 2.24) is 19.9 Å². The highest BCUT2D eigenvalue weighted by Crippen LogP contribution is 2.40. The third-order valence-corrected chi connectivity index (χ3v) is 11.3. The Hall–Kier alpha value is -6.28. The normalized spacial score (nSPS) is 11.8. The molecule has 0 atom stereocenters. The van der Waals surface area contributed by atoms with Crippen LogP contribution in [0.1, 0.15) is 1.37 Å². The number of fused-ring (bicyclic) bond motifs is 4. The van der Waals surface area contributed by atoms with Gasteiger partial charge in [-0.1, -0.05) is 48.5 Å². The van der Waals surface area contributed by atoms with Crippen LogP contribution in [0.2, 0.25) is 0 Å². The van der Waals surface area contributed by atoms with Crippen molar-refractivity contribution in [2.24, 2.45) is 0 Å². The number of thiazole rings is 2. The molecule has 0 fully saturated rings. The molecular weight excluding hydrogens is 663 g/mol. The Labute approximate surface area is 303 Å². The Bertz CT molecular complexity index is 2750. The second-order valence-electron chi connectivity index (χ2n) is 12.3. The Kier molecular flexibility index (Phi) is 6.85. The lowest BCUT2D eigenvalue weighted by Gasteiger charge is -2.26. The first-order chi connectivity index (χ1) is 25.6. The smallest absolute Gasteiger partial charge is 0.124 e. The van der Waals surface area contributed by atoms with Crippen LogP contribution < -0.4 is 4.90 Å². The molecule has 0 N–H and O–H groups in total. The summed E-state index contributed by atoms with van der Waals surface area (Å²) in [5.74, 6) is 0. The molecule has 3 heterocycles. The van der Waals surface area contributed by atoms with Gasteiger partial charge in [0.2, 0.25) is 0 Å². The highest BCUT2D eigenvalue weighted by molar-refractivity contribution is 7.22. The van der Waals surface area contributed by atoms with E-state index in [0.29, 0.717) is 6.04 Å². The Balaban J connectivity index is 1.06. The fourth-order valence-electron chi connectivity index (χ4n) is 6.56. The Morgan fingerprint density at radius 2 is 0.980 bits per heavy atom. The van der Waals surface area contributed by atoms with Crippen LogP contribution in [0.4, 0.5) is 17.1 Å². The summed E-state index contributed by atoms with van der Waals surface area (Å²) in [6.07, 6.45) is 3.42. The van der Waals surface area contributed by atoms with Crippen molar-refractivity contribution in [3.05, 3.63) is 164 Å². The molecule has 0 saturated heterocycles. The first kappa shape index (κ1) is 28.5. The van der Waals surface area contributed by atoms with Crippen LogP contribution in [0.3, 0.4) is 0 Å². The molecule has 0 amide bonds. The minimum absolute atomic E-state index is 0.456. The lowest BCUT2D eigenvalue weighted by atomic mass is 10.00. The molecule has 0 aliphatic rings. The first-order valence-electron chi connectivity index (χ1n) is 17.1. The Morgan fingerprint density at radius 1 is 0.431 bits per heavy atom. The van der Waals surface area contributed by atoms with Gasteiger partial charge in [0.1, 0.15) is 10.0 Å². The maximum Gasteiger partial charge on any atom is 0.124 e. The number of hydrogen-bond donors (Lipinski definition) is 0. The molecule has 7 heteroatoms. The SMILES string of the molecule is [2H]c1cc(N(c2ccc(-c3nc4ccccc4s3)cc2)c2ccc(-c3nc4ccccc4s3)cc2)cc2ccc(-c3ccc4nccnc4c3)cc12. The molecule has 0 aliphatic heterocycles. The van der Waals surface area contributed by atoms with Crippen molar-refractivity contribution in [3.8, 4) is 32.3 Å². The zero-order chi connectivity index (χ0) is 34.6. The molecule has 0 spiro atoms. The molecule has 3 aromatic heterocycles. The molecule has 0 aliphatic carbocycles. The van der Waals surface area contributed by atoms with E-state index in [1.807, 2.05) is 24.3 Å². The van der Waals surface area contributed by atoms with Gasteiger partial charge in [-0.05, 0) is 125 Å². The first-order valence-corrected chi connectivity index (χ1v) is 18.2. The molecular formula is C44H27N5S2. The fourth-order valence-corrected chi connectivity index (χ4v) is 8.50. The van der Waals surface area contributed by atoms with Crippen molar-refractivity contribution in [3.63, 3.8) is 0 Å². The zero-order valence-corrected chi connectivity index (χ0v) is 28.7. The summed E-state index contributed by atoms with van der Waals surface area (Å²) in [5, 5.41) is 3.87. The number of para-hydroxylation sites is 2. The van der Waals surface area contributed by atoms with E-state index < -0.39 is 0 Å². The van der Waals surface area contributed by atoms with Gasteiger partial charge in [-0.2, -0.15) is 0 Å². The lowest BCUT2D eigenvalue weighted by Crippen LogP contribution is -2.09. The molecule has 10 aromatic rings. The molecule has 0 bridgehead atoms. The summed E-state index contributed by atoms with van der Waals surface area (Å²) in [4.78, 5) is 20.9. The second-order valence-corrected chi connectivity index (χ2v) is 14.4. The van der Waals surface area contributed by atoms with Gasteiger partial charge in [0.05, 0.1) is 32.8 Å². The number of aromatic nitrogens is 4. The number of rotatable bonds is 6. The predicted octanol–water partition coefficient (Wildman–Crippen LogP) is 12.5. The van der Waals surface area contributed by atoms with E-state index in [1.165, 1.54) is 9.40 Å². The maximum absolute atomic E-state index is 9.25. The van der Waals surface area contributed by atoms with Crippen LogP contribution in [-0.4, -0.2) is 19.9 Å². The highest BCUT2D eigenvalue weighted by atomic mass is 32.1. The van der Waals surface area contributed by atoms with E-state index in [0.717, 1.165) is 82.2 Å². The summed E-state index contributed by atoms with van der Waals surface area (Å²) >= 11 is 3.40. The lowest BCUT2D eigenvalue weighted by molar-refractivity contribution is 1.29. The predicted molar refractivity (Wildman–Crippen MR) is 214 cm³/mol. The molecule has 10 rings (SSSR count). The van der Waals surface area contributed by atoms with E-state index >= 15 is 0 Å². The van der Waals surface area contributed by atoms with E-state index in [-0.39, 0.29) is 0 Å². The molecule has 5 nitrogen and oxygen atoms in total. The Morgan fingerprint density at radius 3 is 1.61 bits per heavy atom. The average Bonchev–Trinajstić information content (AvgIpc) is 3.84. The topological polar surface area (TPSA) is 54.8 Å². The van der Waals surface area contributed by atoms with Crippen LogP contribution in [0, 0.1) is 0 Å². The summed E-state index contributed by atoms with van der Waals surface area (Å²) in [7, 11) is 0. The average molecular weight is 691 g/mol. The van der Waals surface area contributed by atoms with Gasteiger partial charge in [-0.25, -0.2) is 9.97 Å². The molecule has 7 aromatic carbocycles. The molecule has 240 valence electrons. The van der Waals surface area contributed by atoms with Gasteiger partial charge in [0.25, 0.3) is 0 Å². The number of benzene rings is 7. The van der Waals surface area contributed by atoms with Crippen molar-refractivity contribution in [2.75, 3.05) is 4.90 Å². The van der Waals surface area contributed by atoms with Crippen LogP contribution in [0.5, 0.6) is 0 Å². The van der Waals surface area contributed by atoms with Crippen molar-refractivity contribution in [2.45, 2.75) is 0 Å². The van der Waals surface area contributed by atoms with Gasteiger partial charge < -0.3 is 4.90 Å². The highest BCUT2D eigenvalue weighted by Gasteiger charge is 2.16. The van der Waals surface area contributed by atoms with E-state index in [4.69, 9.17) is 9.97 Å². The van der Waals surface area contributed by atoms with Crippen LogP contribution in [-0.2, 0) is 0 Å². The van der Waals surface area contributed by atoms with Gasteiger partial charge in [0.15, 0.2) is 0 Å². The maximum atomic E-state index is 9.25. The minimum atomic E-state index is 0.456. The van der Waals surface area contributed by atoms with Crippen LogP contribution in [0.25, 0.3) is 74.5 Å². The number of nitrogens with zero attached hydrogens (tertiary/aromatic N) is 5. The van der Waals surface area contributed by atoms with E-state index in [2.05, 4.69) is 136 Å². The van der Waals surface area contributed by atoms with Gasteiger partial charge in [-0.15, -0.1) is 22.7 Å². The largest absolute Gasteiger partial charge is 0.310 e. The summed E-state index contributed by atoms with van der Waals surface area (Å²) in [6, 6.07) is 50.6. The summed E-state index contributed by atoms with van der Waals surface area (Å²) in [5.41, 5.74) is 10.8. The van der Waals surface area contributed by atoms with Gasteiger partial charge in [-0.3, -0.25) is 9.97 Å². The zero-order valence-electron chi connectivity index (χ0n) is 28.1. The number of hydrogen-bond acceptors (Lipinski definition) is 7. The molecule has 0 radical (unpaired) electrons. The fraction of sp³-hybridized carbons (Fsp3) is 0. The van der Waals surface area contributed by atoms with Crippen molar-refractivity contribution >= 4 is 82.0 Å². The van der Waals surface area contributed by atoms with E-state index in [1.54, 1.807) is 35.1 Å². The van der Waals surface area contributed by atoms with Crippen LogP contribution >= 0.6 is 22.7 Å². The van der Waals surface area contributed by atoms with E-state index in [9.17, 15) is 1.37 Å². The summed E-state index contributed by atoms with van der Waals surface area (Å²) in [6.45, 7) is 0. The molecule has 0 saturated carbocycles. The standard InChI is InChI=1S/C44H27N5S2/c1-3-7-41-38(5-1)47-43(50-41)28-11-17-34(18-12-28)49(35-19-13-29(14-20-35)44-48-39-6-2-4-8-42(39)51-44)36-21-15-31-25-30(9-10-32(31)26-36)33-16-22-37-40(27-33)46-24-23-45-37/h1-27H/i15D. The third-order valence-electron chi connectivity index (χ3n) is 9.13. The van der Waals surface area contributed by atoms with Crippen molar-refractivity contribution < 1.29 is 1.37 Å². The summed E-state index contributed by atoms with van der Waals surface area (Å²) < 4.78 is 11.6. The van der Waals surface area contributed by atoms with Gasteiger partial charge in [0, 0.05) is 40.6 Å². The minimum Gasteiger partial charge on any atom is -0.310 e. The third kappa shape index (κ3) is 5.49. The van der Waals surface area contributed by atoms with Crippen molar-refractivity contribution in [1.29, 1.82) is 0 Å². The molecule has 51 heavy (non-hydrogen) atoms. The second kappa shape index (κ2) is 12.2. The molecule has 0 unspecified atom stereocenters. The monoisotopic (exact) mass is 690 g/mol. The van der Waals surface area contributed by atoms with Gasteiger partial charge >= 0.3 is 0 Å².